The molecule has 0 aliphatic heterocycles. The Morgan fingerprint density at radius 3 is 2.38 bits per heavy atom. The molecule has 0 aliphatic carbocycles. The minimum Gasteiger partial charge on any atom is -0.493 e. The Balaban J connectivity index is 1.95. The van der Waals surface area contributed by atoms with Crippen molar-refractivity contribution < 1.29 is 23.9 Å². The summed E-state index contributed by atoms with van der Waals surface area (Å²) in [7, 11) is 1.56. The standard InChI is InChI=1S/C19H19NO6/c1-3-4-14-5-7-18(19(11-14)24-2)26-10-9-25-17-8-6-16(20(22)23)12-15(17)13-21/h3,5-8,11-13H,1,4,9-10H2,2H3. The fourth-order valence-electron chi connectivity index (χ4n) is 2.30. The van der Waals surface area contributed by atoms with Crippen molar-refractivity contribution in [3.8, 4) is 17.2 Å². The highest BCUT2D eigenvalue weighted by Crippen LogP contribution is 2.28. The van der Waals surface area contributed by atoms with E-state index in [0.29, 0.717) is 17.8 Å². The summed E-state index contributed by atoms with van der Waals surface area (Å²) in [6.45, 7) is 4.08. The van der Waals surface area contributed by atoms with E-state index in [-0.39, 0.29) is 30.2 Å². The molecule has 2 aromatic rings. The van der Waals surface area contributed by atoms with Gasteiger partial charge in [-0.3, -0.25) is 14.9 Å². The Hall–Kier alpha value is -3.35. The van der Waals surface area contributed by atoms with E-state index in [1.807, 2.05) is 12.1 Å². The zero-order valence-corrected chi connectivity index (χ0v) is 14.3. The highest BCUT2D eigenvalue weighted by molar-refractivity contribution is 5.80. The Morgan fingerprint density at radius 1 is 1.08 bits per heavy atom. The fourth-order valence-corrected chi connectivity index (χ4v) is 2.30. The lowest BCUT2D eigenvalue weighted by Crippen LogP contribution is -2.10. The first-order valence-electron chi connectivity index (χ1n) is 7.86. The summed E-state index contributed by atoms with van der Waals surface area (Å²) in [6, 6.07) is 9.45. The Kier molecular flexibility index (Phi) is 6.73. The van der Waals surface area contributed by atoms with E-state index < -0.39 is 4.92 Å². The molecular formula is C19H19NO6. The molecule has 0 bridgehead atoms. The van der Waals surface area contributed by atoms with Crippen LogP contribution < -0.4 is 14.2 Å². The molecule has 0 aromatic heterocycles. The Morgan fingerprint density at radius 2 is 1.77 bits per heavy atom. The van der Waals surface area contributed by atoms with Crippen LogP contribution >= 0.6 is 0 Å². The minimum absolute atomic E-state index is 0.116. The van der Waals surface area contributed by atoms with Crippen LogP contribution in [0.2, 0.25) is 0 Å². The van der Waals surface area contributed by atoms with Gasteiger partial charge < -0.3 is 14.2 Å². The molecule has 0 heterocycles. The molecule has 0 fully saturated rings. The molecule has 7 heteroatoms. The largest absolute Gasteiger partial charge is 0.493 e. The van der Waals surface area contributed by atoms with Crippen molar-refractivity contribution >= 4 is 12.0 Å². The first kappa shape index (κ1) is 19.0. The predicted molar refractivity (Wildman–Crippen MR) is 96.4 cm³/mol. The zero-order valence-electron chi connectivity index (χ0n) is 14.3. The van der Waals surface area contributed by atoms with Crippen LogP contribution in [0, 0.1) is 10.1 Å². The van der Waals surface area contributed by atoms with Gasteiger partial charge in [-0.25, -0.2) is 0 Å². The number of ether oxygens (including phenoxy) is 3. The number of hydrogen-bond donors (Lipinski definition) is 0. The fraction of sp³-hybridized carbons (Fsp3) is 0.211. The van der Waals surface area contributed by atoms with E-state index in [2.05, 4.69) is 6.58 Å². The summed E-state index contributed by atoms with van der Waals surface area (Å²) in [5.41, 5.74) is 1.01. The quantitative estimate of drug-likeness (QED) is 0.212. The summed E-state index contributed by atoms with van der Waals surface area (Å²) in [6.07, 6.45) is 3.05. The van der Waals surface area contributed by atoms with Crippen molar-refractivity contribution in [3.63, 3.8) is 0 Å². The van der Waals surface area contributed by atoms with Crippen LogP contribution in [0.15, 0.2) is 49.1 Å². The number of carbonyl (C=O) groups is 1. The van der Waals surface area contributed by atoms with Crippen LogP contribution in [0.4, 0.5) is 5.69 Å². The van der Waals surface area contributed by atoms with Gasteiger partial charge in [0.25, 0.3) is 5.69 Å². The Labute approximate surface area is 151 Å². The van der Waals surface area contributed by atoms with E-state index >= 15 is 0 Å². The third-order valence-electron chi connectivity index (χ3n) is 3.54. The van der Waals surface area contributed by atoms with Crippen LogP contribution in [-0.4, -0.2) is 31.5 Å². The Bertz CT molecular complexity index is 803. The second-order valence-corrected chi connectivity index (χ2v) is 5.27. The molecule has 0 spiro atoms. The molecule has 0 amide bonds. The molecule has 0 aliphatic rings. The van der Waals surface area contributed by atoms with Gasteiger partial charge in [-0.15, -0.1) is 6.58 Å². The van der Waals surface area contributed by atoms with Gasteiger partial charge in [0.2, 0.25) is 0 Å². The molecule has 26 heavy (non-hydrogen) atoms. The van der Waals surface area contributed by atoms with E-state index in [1.54, 1.807) is 19.3 Å². The third-order valence-corrected chi connectivity index (χ3v) is 3.54. The molecule has 7 nitrogen and oxygen atoms in total. The summed E-state index contributed by atoms with van der Waals surface area (Å²) in [5, 5.41) is 10.7. The normalized spacial score (nSPS) is 10.0. The van der Waals surface area contributed by atoms with Gasteiger partial charge in [0.1, 0.15) is 19.0 Å². The molecule has 0 saturated heterocycles. The molecule has 0 radical (unpaired) electrons. The molecule has 0 saturated carbocycles. The predicted octanol–water partition coefficient (Wildman–Crippen LogP) is 3.60. The van der Waals surface area contributed by atoms with Crippen molar-refractivity contribution in [2.24, 2.45) is 0 Å². The van der Waals surface area contributed by atoms with Gasteiger partial charge in [0, 0.05) is 12.1 Å². The van der Waals surface area contributed by atoms with Crippen LogP contribution in [0.1, 0.15) is 15.9 Å². The number of rotatable bonds is 10. The molecule has 2 aromatic carbocycles. The number of methoxy groups -OCH3 is 1. The highest BCUT2D eigenvalue weighted by Gasteiger charge is 2.11. The number of carbonyl (C=O) groups excluding carboxylic acids is 1. The number of nitro benzene ring substituents is 1. The van der Waals surface area contributed by atoms with Crippen LogP contribution in [-0.2, 0) is 6.42 Å². The maximum Gasteiger partial charge on any atom is 0.270 e. The van der Waals surface area contributed by atoms with Crippen molar-refractivity contribution in [2.45, 2.75) is 6.42 Å². The molecule has 136 valence electrons. The summed E-state index contributed by atoms with van der Waals surface area (Å²) in [5.74, 6) is 1.44. The van der Waals surface area contributed by atoms with Gasteiger partial charge in [0.05, 0.1) is 17.6 Å². The number of nitro groups is 1. The topological polar surface area (TPSA) is 87.9 Å². The number of aldehydes is 1. The minimum atomic E-state index is -0.567. The van der Waals surface area contributed by atoms with Gasteiger partial charge in [-0.1, -0.05) is 12.1 Å². The molecule has 0 unspecified atom stereocenters. The summed E-state index contributed by atoms with van der Waals surface area (Å²) in [4.78, 5) is 21.2. The van der Waals surface area contributed by atoms with Crippen molar-refractivity contribution in [1.29, 1.82) is 0 Å². The van der Waals surface area contributed by atoms with Crippen LogP contribution in [0.5, 0.6) is 17.2 Å². The first-order chi connectivity index (χ1) is 12.6. The number of nitrogens with zero attached hydrogens (tertiary/aromatic N) is 1. The van der Waals surface area contributed by atoms with Gasteiger partial charge in [0.15, 0.2) is 17.8 Å². The average molecular weight is 357 g/mol. The zero-order chi connectivity index (χ0) is 18.9. The van der Waals surface area contributed by atoms with Crippen LogP contribution in [0.3, 0.4) is 0 Å². The van der Waals surface area contributed by atoms with Gasteiger partial charge >= 0.3 is 0 Å². The molecule has 2 rings (SSSR count). The van der Waals surface area contributed by atoms with Crippen LogP contribution in [0.25, 0.3) is 0 Å². The van der Waals surface area contributed by atoms with Crippen molar-refractivity contribution in [1.82, 2.24) is 0 Å². The second-order valence-electron chi connectivity index (χ2n) is 5.27. The lowest BCUT2D eigenvalue weighted by Gasteiger charge is -2.13. The smallest absolute Gasteiger partial charge is 0.270 e. The van der Waals surface area contributed by atoms with Crippen molar-refractivity contribution in [2.75, 3.05) is 20.3 Å². The number of non-ortho nitro benzene ring substituents is 1. The highest BCUT2D eigenvalue weighted by atomic mass is 16.6. The second kappa shape index (κ2) is 9.22. The summed E-state index contributed by atoms with van der Waals surface area (Å²) >= 11 is 0. The molecular weight excluding hydrogens is 338 g/mol. The SMILES string of the molecule is C=CCc1ccc(OCCOc2ccc([N+](=O)[O-])cc2C=O)c(OC)c1. The van der Waals surface area contributed by atoms with Gasteiger partial charge in [-0.2, -0.15) is 0 Å². The van der Waals surface area contributed by atoms with E-state index in [0.717, 1.165) is 12.0 Å². The maximum absolute atomic E-state index is 11.1. The third kappa shape index (κ3) is 4.83. The van der Waals surface area contributed by atoms with E-state index in [9.17, 15) is 14.9 Å². The maximum atomic E-state index is 11.1. The number of hydrogen-bond acceptors (Lipinski definition) is 6. The first-order valence-corrected chi connectivity index (χ1v) is 7.86. The number of allylic oxidation sites excluding steroid dienone is 1. The van der Waals surface area contributed by atoms with E-state index in [4.69, 9.17) is 14.2 Å². The van der Waals surface area contributed by atoms with Gasteiger partial charge in [-0.05, 0) is 30.2 Å². The molecule has 0 atom stereocenters. The molecule has 0 N–H and O–H groups in total. The van der Waals surface area contributed by atoms with E-state index in [1.165, 1.54) is 18.2 Å². The van der Waals surface area contributed by atoms with Crippen molar-refractivity contribution in [3.05, 3.63) is 70.3 Å². The average Bonchev–Trinajstić information content (AvgIpc) is 2.66. The summed E-state index contributed by atoms with van der Waals surface area (Å²) < 4.78 is 16.4. The monoisotopic (exact) mass is 357 g/mol. The lowest BCUT2D eigenvalue weighted by molar-refractivity contribution is -0.384. The number of benzene rings is 2. The lowest BCUT2D eigenvalue weighted by atomic mass is 10.1.